The van der Waals surface area contributed by atoms with Crippen molar-refractivity contribution in [3.63, 3.8) is 0 Å². The zero-order chi connectivity index (χ0) is 13.4. The highest BCUT2D eigenvalue weighted by Crippen LogP contribution is 2.22. The molecule has 96 valence electrons. The Labute approximate surface area is 115 Å². The van der Waals surface area contributed by atoms with Gasteiger partial charge in [0.2, 0.25) is 0 Å². The van der Waals surface area contributed by atoms with Crippen molar-refractivity contribution in [3.8, 4) is 0 Å². The number of aryl methyl sites for hydroxylation is 1. The fraction of sp³-hybridized carbons (Fsp3) is 0.143. The molecule has 0 saturated heterocycles. The number of rotatable bonds is 2. The SMILES string of the molecule is Cc1cc(Cn2ncc(Cl)c2N)c2ccccc2n1. The molecule has 0 saturated carbocycles. The fourth-order valence-corrected chi connectivity index (χ4v) is 2.33. The molecule has 2 N–H and O–H groups in total. The molecule has 3 rings (SSSR count). The Hall–Kier alpha value is -2.07. The quantitative estimate of drug-likeness (QED) is 0.780. The third-order valence-electron chi connectivity index (χ3n) is 3.08. The standard InChI is InChI=1S/C14H13ClN4/c1-9-6-10(8-19-14(16)12(15)7-17-19)11-4-2-3-5-13(11)18-9/h2-7H,8,16H2,1H3. The van der Waals surface area contributed by atoms with Crippen LogP contribution in [0.3, 0.4) is 0 Å². The summed E-state index contributed by atoms with van der Waals surface area (Å²) in [6, 6.07) is 10.1. The van der Waals surface area contributed by atoms with Crippen LogP contribution in [-0.4, -0.2) is 14.8 Å². The number of halogens is 1. The van der Waals surface area contributed by atoms with Crippen LogP contribution in [0.2, 0.25) is 5.02 Å². The van der Waals surface area contributed by atoms with Crippen LogP contribution >= 0.6 is 11.6 Å². The molecule has 0 amide bonds. The molecule has 19 heavy (non-hydrogen) atoms. The molecule has 0 aliphatic rings. The molecule has 0 fully saturated rings. The molecule has 5 heteroatoms. The number of aromatic nitrogens is 3. The van der Waals surface area contributed by atoms with Gasteiger partial charge in [-0.2, -0.15) is 5.10 Å². The molecule has 0 spiro atoms. The van der Waals surface area contributed by atoms with Crippen LogP contribution in [0.1, 0.15) is 11.3 Å². The fourth-order valence-electron chi connectivity index (χ4n) is 2.19. The maximum Gasteiger partial charge on any atom is 0.140 e. The third-order valence-corrected chi connectivity index (χ3v) is 3.37. The first-order valence-corrected chi connectivity index (χ1v) is 6.35. The van der Waals surface area contributed by atoms with E-state index in [1.807, 2.05) is 25.1 Å². The molecule has 0 aliphatic heterocycles. The van der Waals surface area contributed by atoms with E-state index in [1.54, 1.807) is 10.9 Å². The first kappa shape index (κ1) is 12.0. The normalized spacial score (nSPS) is 11.1. The molecule has 0 radical (unpaired) electrons. The van der Waals surface area contributed by atoms with E-state index in [-0.39, 0.29) is 0 Å². The zero-order valence-electron chi connectivity index (χ0n) is 10.5. The number of pyridine rings is 1. The van der Waals surface area contributed by atoms with E-state index in [1.165, 1.54) is 0 Å². The molecule has 4 nitrogen and oxygen atoms in total. The topological polar surface area (TPSA) is 56.7 Å². The van der Waals surface area contributed by atoms with Gasteiger partial charge in [-0.3, -0.25) is 4.98 Å². The molecule has 0 bridgehead atoms. The number of benzene rings is 1. The average molecular weight is 273 g/mol. The van der Waals surface area contributed by atoms with Gasteiger partial charge in [0, 0.05) is 11.1 Å². The van der Waals surface area contributed by atoms with Crippen molar-refractivity contribution < 1.29 is 0 Å². The zero-order valence-corrected chi connectivity index (χ0v) is 11.2. The highest BCUT2D eigenvalue weighted by molar-refractivity contribution is 6.32. The summed E-state index contributed by atoms with van der Waals surface area (Å²) in [7, 11) is 0. The molecule has 2 aromatic heterocycles. The molecule has 0 unspecified atom stereocenters. The van der Waals surface area contributed by atoms with E-state index in [4.69, 9.17) is 17.3 Å². The number of nitrogens with two attached hydrogens (primary N) is 1. The van der Waals surface area contributed by atoms with Gasteiger partial charge in [0.15, 0.2) is 0 Å². The lowest BCUT2D eigenvalue weighted by molar-refractivity contribution is 0.699. The van der Waals surface area contributed by atoms with E-state index in [0.717, 1.165) is 22.2 Å². The van der Waals surface area contributed by atoms with E-state index >= 15 is 0 Å². The van der Waals surface area contributed by atoms with Gasteiger partial charge >= 0.3 is 0 Å². The lowest BCUT2D eigenvalue weighted by atomic mass is 10.1. The first-order chi connectivity index (χ1) is 9.15. The van der Waals surface area contributed by atoms with E-state index in [0.29, 0.717) is 17.4 Å². The molecular weight excluding hydrogens is 260 g/mol. The summed E-state index contributed by atoms with van der Waals surface area (Å²) in [5.41, 5.74) is 8.98. The van der Waals surface area contributed by atoms with Crippen molar-refractivity contribution in [3.05, 3.63) is 52.8 Å². The highest BCUT2D eigenvalue weighted by Gasteiger charge is 2.09. The summed E-state index contributed by atoms with van der Waals surface area (Å²) < 4.78 is 1.70. The van der Waals surface area contributed by atoms with Crippen molar-refractivity contribution >= 4 is 28.3 Å². The maximum atomic E-state index is 5.92. The number of hydrogen-bond acceptors (Lipinski definition) is 3. The van der Waals surface area contributed by atoms with Gasteiger partial charge in [0.05, 0.1) is 18.3 Å². The van der Waals surface area contributed by atoms with Crippen LogP contribution in [0.5, 0.6) is 0 Å². The van der Waals surface area contributed by atoms with Crippen LogP contribution < -0.4 is 5.73 Å². The van der Waals surface area contributed by atoms with E-state index in [9.17, 15) is 0 Å². The summed E-state index contributed by atoms with van der Waals surface area (Å²) >= 11 is 5.92. The van der Waals surface area contributed by atoms with Crippen molar-refractivity contribution in [2.75, 3.05) is 5.73 Å². The van der Waals surface area contributed by atoms with Gasteiger partial charge in [-0.05, 0) is 24.6 Å². The number of para-hydroxylation sites is 1. The van der Waals surface area contributed by atoms with Gasteiger partial charge in [-0.1, -0.05) is 29.8 Å². The second-order valence-corrected chi connectivity index (χ2v) is 4.88. The molecule has 0 atom stereocenters. The summed E-state index contributed by atoms with van der Waals surface area (Å²) in [6.45, 7) is 2.57. The van der Waals surface area contributed by atoms with Crippen molar-refractivity contribution in [1.29, 1.82) is 0 Å². The highest BCUT2D eigenvalue weighted by atomic mass is 35.5. The number of nitrogens with zero attached hydrogens (tertiary/aromatic N) is 3. The smallest absolute Gasteiger partial charge is 0.140 e. The minimum Gasteiger partial charge on any atom is -0.383 e. The van der Waals surface area contributed by atoms with Crippen LogP contribution in [0, 0.1) is 6.92 Å². The molecule has 3 aromatic rings. The summed E-state index contributed by atoms with van der Waals surface area (Å²) in [5, 5.41) is 5.78. The largest absolute Gasteiger partial charge is 0.383 e. The summed E-state index contributed by atoms with van der Waals surface area (Å²) in [4.78, 5) is 4.52. The van der Waals surface area contributed by atoms with Gasteiger partial charge in [-0.25, -0.2) is 4.68 Å². The summed E-state index contributed by atoms with van der Waals surface area (Å²) in [5.74, 6) is 0.486. The lowest BCUT2D eigenvalue weighted by Crippen LogP contribution is -2.07. The van der Waals surface area contributed by atoms with Crippen LogP contribution in [0.25, 0.3) is 10.9 Å². The van der Waals surface area contributed by atoms with E-state index < -0.39 is 0 Å². The number of fused-ring (bicyclic) bond motifs is 1. The first-order valence-electron chi connectivity index (χ1n) is 5.97. The van der Waals surface area contributed by atoms with Crippen LogP contribution in [0.15, 0.2) is 36.5 Å². The monoisotopic (exact) mass is 272 g/mol. The molecule has 2 heterocycles. The Morgan fingerprint density at radius 2 is 2.11 bits per heavy atom. The summed E-state index contributed by atoms with van der Waals surface area (Å²) in [6.07, 6.45) is 1.56. The number of anilines is 1. The Balaban J connectivity index is 2.12. The Kier molecular flexibility index (Phi) is 2.87. The number of hydrogen-bond donors (Lipinski definition) is 1. The third kappa shape index (κ3) is 2.15. The Bertz CT molecular complexity index is 748. The van der Waals surface area contributed by atoms with Gasteiger partial charge in [0.25, 0.3) is 0 Å². The van der Waals surface area contributed by atoms with Crippen LogP contribution in [0.4, 0.5) is 5.82 Å². The minimum atomic E-state index is 0.482. The second-order valence-electron chi connectivity index (χ2n) is 4.48. The Morgan fingerprint density at radius 1 is 1.32 bits per heavy atom. The second kappa shape index (κ2) is 4.55. The van der Waals surface area contributed by atoms with Crippen molar-refractivity contribution in [2.24, 2.45) is 0 Å². The minimum absolute atomic E-state index is 0.482. The lowest BCUT2D eigenvalue weighted by Gasteiger charge is -2.09. The number of nitrogen functional groups attached to an aromatic ring is 1. The van der Waals surface area contributed by atoms with Gasteiger partial charge in [0.1, 0.15) is 10.8 Å². The Morgan fingerprint density at radius 3 is 2.84 bits per heavy atom. The predicted molar refractivity (Wildman–Crippen MR) is 77.2 cm³/mol. The van der Waals surface area contributed by atoms with Gasteiger partial charge < -0.3 is 5.73 Å². The average Bonchev–Trinajstić information content (AvgIpc) is 2.70. The predicted octanol–water partition coefficient (Wildman–Crippen LogP) is 3.02. The van der Waals surface area contributed by atoms with Crippen molar-refractivity contribution in [2.45, 2.75) is 13.5 Å². The maximum absolute atomic E-state index is 5.92. The molecule has 0 aliphatic carbocycles. The molecule has 1 aromatic carbocycles. The molecular formula is C14H13ClN4. The van der Waals surface area contributed by atoms with Crippen molar-refractivity contribution in [1.82, 2.24) is 14.8 Å². The van der Waals surface area contributed by atoms with E-state index in [2.05, 4.69) is 22.2 Å². The van der Waals surface area contributed by atoms with Crippen LogP contribution in [-0.2, 0) is 6.54 Å². The van der Waals surface area contributed by atoms with Gasteiger partial charge in [-0.15, -0.1) is 0 Å².